The van der Waals surface area contributed by atoms with E-state index in [-0.39, 0.29) is 0 Å². The van der Waals surface area contributed by atoms with Gasteiger partial charge in [0.05, 0.1) is 0 Å². The van der Waals surface area contributed by atoms with E-state index >= 15 is 0 Å². The van der Waals surface area contributed by atoms with Gasteiger partial charge >= 0.3 is 0 Å². The smallest absolute Gasteiger partial charge is 0.222 e. The van der Waals surface area contributed by atoms with Crippen LogP contribution in [0.15, 0.2) is 24.3 Å². The number of carbonyl (C=O) groups excluding carboxylic acids is 1. The van der Waals surface area contributed by atoms with E-state index in [2.05, 4.69) is 36.1 Å². The number of benzene rings is 1. The van der Waals surface area contributed by atoms with Gasteiger partial charge < -0.3 is 4.90 Å². The van der Waals surface area contributed by atoms with Crippen LogP contribution in [0.3, 0.4) is 0 Å². The van der Waals surface area contributed by atoms with Crippen LogP contribution < -0.4 is 0 Å². The molecule has 3 rings (SSSR count). The molecule has 120 valence electrons. The number of hydrogen-bond donors (Lipinski definition) is 0. The van der Waals surface area contributed by atoms with E-state index in [1.54, 1.807) is 0 Å². The van der Waals surface area contributed by atoms with Crippen LogP contribution in [-0.4, -0.2) is 29.6 Å². The second-order valence-corrected chi connectivity index (χ2v) is 8.05. The highest BCUT2D eigenvalue weighted by molar-refractivity contribution is 7.99. The molecule has 2 fully saturated rings. The van der Waals surface area contributed by atoms with E-state index in [1.807, 2.05) is 11.8 Å². The Bertz CT molecular complexity index is 510. The zero-order valence-electron chi connectivity index (χ0n) is 13.6. The van der Waals surface area contributed by atoms with Gasteiger partial charge in [0.2, 0.25) is 5.91 Å². The maximum Gasteiger partial charge on any atom is 0.222 e. The highest BCUT2D eigenvalue weighted by Gasteiger charge is 2.25. The van der Waals surface area contributed by atoms with Crippen molar-refractivity contribution in [2.75, 3.05) is 18.8 Å². The molecule has 0 N–H and O–H groups in total. The van der Waals surface area contributed by atoms with Crippen LogP contribution in [0.1, 0.15) is 54.9 Å². The molecule has 0 radical (unpaired) electrons. The quantitative estimate of drug-likeness (QED) is 0.813. The Kier molecular flexibility index (Phi) is 5.46. The molecule has 1 saturated carbocycles. The summed E-state index contributed by atoms with van der Waals surface area (Å²) in [5.74, 6) is 2.13. The van der Waals surface area contributed by atoms with Crippen molar-refractivity contribution in [3.8, 4) is 0 Å². The zero-order valence-corrected chi connectivity index (χ0v) is 14.4. The van der Waals surface area contributed by atoms with E-state index in [9.17, 15) is 4.79 Å². The van der Waals surface area contributed by atoms with Gasteiger partial charge in [0.15, 0.2) is 0 Å². The standard InChI is InChI=1S/C19H27NOS/c1-15-6-2-5-9-17(15)18-10-11-20(12-13-22-18)19(21)14-16-7-3-4-8-16/h2,5-6,9,16,18H,3-4,7-8,10-14H2,1H3. The second-order valence-electron chi connectivity index (χ2n) is 6.74. The van der Waals surface area contributed by atoms with Crippen molar-refractivity contribution >= 4 is 17.7 Å². The van der Waals surface area contributed by atoms with E-state index in [1.165, 1.54) is 36.8 Å². The normalized spacial score (nSPS) is 23.5. The summed E-state index contributed by atoms with van der Waals surface area (Å²) < 4.78 is 0. The topological polar surface area (TPSA) is 20.3 Å². The third-order valence-electron chi connectivity index (χ3n) is 5.17. The first-order valence-corrected chi connectivity index (χ1v) is 9.74. The highest BCUT2D eigenvalue weighted by Crippen LogP contribution is 2.36. The molecule has 22 heavy (non-hydrogen) atoms. The lowest BCUT2D eigenvalue weighted by Gasteiger charge is -2.22. The number of rotatable bonds is 3. The minimum Gasteiger partial charge on any atom is -0.342 e. The average molecular weight is 317 g/mol. The molecule has 1 saturated heterocycles. The molecule has 1 atom stereocenters. The minimum absolute atomic E-state index is 0.401. The summed E-state index contributed by atoms with van der Waals surface area (Å²) in [5.41, 5.74) is 2.84. The summed E-state index contributed by atoms with van der Waals surface area (Å²) in [5, 5.41) is 0.547. The van der Waals surface area contributed by atoms with Crippen molar-refractivity contribution in [2.45, 2.75) is 50.7 Å². The lowest BCUT2D eigenvalue weighted by atomic mass is 10.0. The Morgan fingerprint density at radius 2 is 1.95 bits per heavy atom. The summed E-state index contributed by atoms with van der Waals surface area (Å²) in [6.07, 6.45) is 7.05. The van der Waals surface area contributed by atoms with E-state index in [0.29, 0.717) is 17.1 Å². The second kappa shape index (κ2) is 7.54. The monoisotopic (exact) mass is 317 g/mol. The first kappa shape index (κ1) is 15.9. The van der Waals surface area contributed by atoms with E-state index in [4.69, 9.17) is 0 Å². The Hall–Kier alpha value is -0.960. The number of hydrogen-bond acceptors (Lipinski definition) is 2. The van der Waals surface area contributed by atoms with Crippen LogP contribution in [-0.2, 0) is 4.79 Å². The van der Waals surface area contributed by atoms with Gasteiger partial charge in [-0.15, -0.1) is 0 Å². The molecule has 0 bridgehead atoms. The average Bonchev–Trinajstić information content (AvgIpc) is 2.90. The van der Waals surface area contributed by atoms with Crippen molar-refractivity contribution in [2.24, 2.45) is 5.92 Å². The molecule has 1 unspecified atom stereocenters. The summed E-state index contributed by atoms with van der Waals surface area (Å²) in [4.78, 5) is 14.7. The highest BCUT2D eigenvalue weighted by atomic mass is 32.2. The SMILES string of the molecule is Cc1ccccc1C1CCN(C(=O)CC2CCCC2)CCS1. The lowest BCUT2D eigenvalue weighted by molar-refractivity contribution is -0.131. The Labute approximate surface area is 138 Å². The van der Waals surface area contributed by atoms with Gasteiger partial charge in [0.1, 0.15) is 0 Å². The van der Waals surface area contributed by atoms with Gasteiger partial charge in [0.25, 0.3) is 0 Å². The van der Waals surface area contributed by atoms with Gasteiger partial charge in [-0.2, -0.15) is 11.8 Å². The van der Waals surface area contributed by atoms with Crippen LogP contribution >= 0.6 is 11.8 Å². The maximum atomic E-state index is 12.5. The summed E-state index contributed by atoms with van der Waals surface area (Å²) >= 11 is 2.02. The van der Waals surface area contributed by atoms with Crippen molar-refractivity contribution in [1.82, 2.24) is 4.90 Å². The van der Waals surface area contributed by atoms with Gasteiger partial charge in [-0.1, -0.05) is 37.1 Å². The zero-order chi connectivity index (χ0) is 15.4. The molecule has 1 aromatic rings. The van der Waals surface area contributed by atoms with E-state index in [0.717, 1.165) is 31.7 Å². The van der Waals surface area contributed by atoms with Crippen LogP contribution in [0.2, 0.25) is 0 Å². The Morgan fingerprint density at radius 3 is 2.73 bits per heavy atom. The minimum atomic E-state index is 0.401. The molecular weight excluding hydrogens is 290 g/mol. The molecule has 1 aliphatic heterocycles. The van der Waals surface area contributed by atoms with Crippen LogP contribution in [0.4, 0.5) is 0 Å². The Morgan fingerprint density at radius 1 is 1.18 bits per heavy atom. The molecule has 1 heterocycles. The summed E-state index contributed by atoms with van der Waals surface area (Å²) in [6.45, 7) is 4.06. The third kappa shape index (κ3) is 3.87. The van der Waals surface area contributed by atoms with Gasteiger partial charge in [0, 0.05) is 30.5 Å². The van der Waals surface area contributed by atoms with Gasteiger partial charge in [-0.3, -0.25) is 4.79 Å². The van der Waals surface area contributed by atoms with Gasteiger partial charge in [-0.25, -0.2) is 0 Å². The lowest BCUT2D eigenvalue weighted by Crippen LogP contribution is -2.33. The molecule has 1 amide bonds. The molecule has 2 nitrogen and oxygen atoms in total. The largest absolute Gasteiger partial charge is 0.342 e. The van der Waals surface area contributed by atoms with Gasteiger partial charge in [-0.05, 0) is 43.2 Å². The first-order valence-electron chi connectivity index (χ1n) is 8.69. The molecular formula is C19H27NOS. The predicted octanol–water partition coefficient (Wildman–Crippen LogP) is 4.58. The fourth-order valence-electron chi connectivity index (χ4n) is 3.81. The van der Waals surface area contributed by atoms with Crippen LogP contribution in [0.25, 0.3) is 0 Å². The summed E-state index contributed by atoms with van der Waals surface area (Å²) in [6, 6.07) is 8.70. The molecule has 0 aromatic heterocycles. The first-order chi connectivity index (χ1) is 10.7. The molecule has 1 aliphatic carbocycles. The Balaban J connectivity index is 1.57. The maximum absolute atomic E-state index is 12.5. The predicted molar refractivity (Wildman–Crippen MR) is 94.2 cm³/mol. The number of carbonyl (C=O) groups is 1. The van der Waals surface area contributed by atoms with Crippen molar-refractivity contribution in [1.29, 1.82) is 0 Å². The number of amides is 1. The molecule has 1 aromatic carbocycles. The van der Waals surface area contributed by atoms with Crippen molar-refractivity contribution in [3.63, 3.8) is 0 Å². The fourth-order valence-corrected chi connectivity index (χ4v) is 5.13. The van der Waals surface area contributed by atoms with Crippen LogP contribution in [0, 0.1) is 12.8 Å². The number of thioether (sulfide) groups is 1. The van der Waals surface area contributed by atoms with Crippen molar-refractivity contribution < 1.29 is 4.79 Å². The molecule has 2 aliphatic rings. The number of aryl methyl sites for hydroxylation is 1. The summed E-state index contributed by atoms with van der Waals surface area (Å²) in [7, 11) is 0. The fraction of sp³-hybridized carbons (Fsp3) is 0.632. The molecule has 0 spiro atoms. The number of nitrogens with zero attached hydrogens (tertiary/aromatic N) is 1. The third-order valence-corrected chi connectivity index (χ3v) is 6.48. The molecule has 3 heteroatoms. The van der Waals surface area contributed by atoms with Crippen LogP contribution in [0.5, 0.6) is 0 Å². The van der Waals surface area contributed by atoms with E-state index < -0.39 is 0 Å². The van der Waals surface area contributed by atoms with Crippen molar-refractivity contribution in [3.05, 3.63) is 35.4 Å².